The summed E-state index contributed by atoms with van der Waals surface area (Å²) >= 11 is 0. The first-order valence-corrected chi connectivity index (χ1v) is 3.71. The Hall–Kier alpha value is -0.370. The minimum absolute atomic E-state index is 0.213. The van der Waals surface area contributed by atoms with Gasteiger partial charge in [0.1, 0.15) is 5.78 Å². The zero-order valence-corrected chi connectivity index (χ0v) is 7.69. The molecule has 1 N–H and O–H groups in total. The number of carbonyl (C=O) groups is 1. The molecule has 0 aliphatic rings. The number of ketones is 1. The van der Waals surface area contributed by atoms with Crippen LogP contribution in [0.4, 0.5) is 0 Å². The number of hydrogen-bond donors (Lipinski definition) is 1. The molecule has 10 heavy (non-hydrogen) atoms. The summed E-state index contributed by atoms with van der Waals surface area (Å²) in [5.74, 6) is 0.472. The minimum atomic E-state index is 0.213. The normalized spacial score (nSPS) is 8.60. The third-order valence-corrected chi connectivity index (χ3v) is 1.17. The molecule has 0 saturated heterocycles. The molecule has 0 aliphatic heterocycles. The minimum Gasteiger partial charge on any atom is -0.320 e. The van der Waals surface area contributed by atoms with E-state index in [0.717, 1.165) is 6.54 Å². The fourth-order valence-electron chi connectivity index (χ4n) is 0. The van der Waals surface area contributed by atoms with Gasteiger partial charge in [-0.15, -0.1) is 0 Å². The van der Waals surface area contributed by atoms with Crippen molar-refractivity contribution in [1.82, 2.24) is 5.32 Å². The van der Waals surface area contributed by atoms with Crippen molar-refractivity contribution >= 4 is 5.78 Å². The second-order valence-electron chi connectivity index (χ2n) is 2.47. The van der Waals surface area contributed by atoms with E-state index < -0.39 is 0 Å². The molecule has 0 aromatic rings. The Balaban J connectivity index is 0. The molecular weight excluding hydrogens is 126 g/mol. The van der Waals surface area contributed by atoms with Crippen molar-refractivity contribution < 1.29 is 4.79 Å². The second-order valence-corrected chi connectivity index (χ2v) is 2.47. The van der Waals surface area contributed by atoms with Crippen molar-refractivity contribution in [1.29, 1.82) is 0 Å². The van der Waals surface area contributed by atoms with Gasteiger partial charge in [-0.1, -0.05) is 20.8 Å². The molecule has 0 aliphatic carbocycles. The van der Waals surface area contributed by atoms with Gasteiger partial charge in [-0.05, 0) is 20.5 Å². The van der Waals surface area contributed by atoms with Crippen LogP contribution in [-0.2, 0) is 4.79 Å². The van der Waals surface area contributed by atoms with E-state index in [1.54, 1.807) is 6.92 Å². The number of Topliss-reactive ketones (excluding diaryl/α,β-unsaturated/α-hetero) is 1. The van der Waals surface area contributed by atoms with Gasteiger partial charge in [0.2, 0.25) is 0 Å². The standard InChI is InChI=1S/C5H10O.C3H9N/c1-4(2)5(3)6;1-3-4-2/h4H,1-3H3;4H,3H2,1-2H3. The highest BCUT2D eigenvalue weighted by atomic mass is 16.1. The first kappa shape index (κ1) is 12.3. The van der Waals surface area contributed by atoms with Gasteiger partial charge in [0.15, 0.2) is 0 Å². The smallest absolute Gasteiger partial charge is 0.132 e. The van der Waals surface area contributed by atoms with Gasteiger partial charge >= 0.3 is 0 Å². The van der Waals surface area contributed by atoms with Gasteiger partial charge in [-0.3, -0.25) is 4.79 Å². The topological polar surface area (TPSA) is 29.1 Å². The summed E-state index contributed by atoms with van der Waals surface area (Å²) in [5, 5.41) is 2.93. The van der Waals surface area contributed by atoms with E-state index in [0.29, 0.717) is 0 Å². The van der Waals surface area contributed by atoms with Crippen LogP contribution in [0.25, 0.3) is 0 Å². The predicted molar refractivity (Wildman–Crippen MR) is 45.1 cm³/mol. The molecule has 62 valence electrons. The van der Waals surface area contributed by atoms with Crippen LogP contribution in [0.5, 0.6) is 0 Å². The number of rotatable bonds is 2. The molecule has 0 heterocycles. The Morgan fingerprint density at radius 1 is 1.50 bits per heavy atom. The molecule has 0 radical (unpaired) electrons. The Bertz CT molecular complexity index is 77.3. The van der Waals surface area contributed by atoms with E-state index in [9.17, 15) is 4.79 Å². The Kier molecular flexibility index (Phi) is 10.6. The summed E-state index contributed by atoms with van der Waals surface area (Å²) in [4.78, 5) is 10.1. The second kappa shape index (κ2) is 8.63. The molecule has 0 fully saturated rings. The molecule has 0 saturated carbocycles. The summed E-state index contributed by atoms with van der Waals surface area (Å²) in [6, 6.07) is 0. The van der Waals surface area contributed by atoms with Crippen LogP contribution < -0.4 is 5.32 Å². The van der Waals surface area contributed by atoms with Gasteiger partial charge in [0, 0.05) is 5.92 Å². The fraction of sp³-hybridized carbons (Fsp3) is 0.875. The van der Waals surface area contributed by atoms with E-state index in [4.69, 9.17) is 0 Å². The summed E-state index contributed by atoms with van der Waals surface area (Å²) in [6.07, 6.45) is 0. The van der Waals surface area contributed by atoms with Crippen LogP contribution in [0.15, 0.2) is 0 Å². The molecule has 0 bridgehead atoms. The molecule has 0 amide bonds. The number of nitrogens with one attached hydrogen (secondary N) is 1. The van der Waals surface area contributed by atoms with Crippen LogP contribution in [0.2, 0.25) is 0 Å². The zero-order chi connectivity index (χ0) is 8.57. The van der Waals surface area contributed by atoms with Gasteiger partial charge < -0.3 is 5.32 Å². The third-order valence-electron chi connectivity index (χ3n) is 1.17. The highest BCUT2D eigenvalue weighted by Gasteiger charge is 1.94. The maximum Gasteiger partial charge on any atom is 0.132 e. The highest BCUT2D eigenvalue weighted by molar-refractivity contribution is 5.77. The van der Waals surface area contributed by atoms with Crippen molar-refractivity contribution in [2.75, 3.05) is 13.6 Å². The monoisotopic (exact) mass is 145 g/mol. The van der Waals surface area contributed by atoms with E-state index in [1.165, 1.54) is 0 Å². The molecule has 2 nitrogen and oxygen atoms in total. The zero-order valence-electron chi connectivity index (χ0n) is 7.69. The first-order chi connectivity index (χ1) is 4.56. The van der Waals surface area contributed by atoms with E-state index in [-0.39, 0.29) is 11.7 Å². The van der Waals surface area contributed by atoms with Crippen LogP contribution >= 0.6 is 0 Å². The maximum absolute atomic E-state index is 10.1. The van der Waals surface area contributed by atoms with Crippen LogP contribution in [0.1, 0.15) is 27.7 Å². The van der Waals surface area contributed by atoms with Crippen molar-refractivity contribution in [2.24, 2.45) is 5.92 Å². The van der Waals surface area contributed by atoms with Gasteiger partial charge in [-0.25, -0.2) is 0 Å². The largest absolute Gasteiger partial charge is 0.320 e. The SMILES string of the molecule is CC(=O)C(C)C.CCNC. The lowest BCUT2D eigenvalue weighted by Crippen LogP contribution is -2.01. The van der Waals surface area contributed by atoms with Crippen LogP contribution in [0, 0.1) is 5.92 Å². The number of hydrogen-bond acceptors (Lipinski definition) is 2. The third kappa shape index (κ3) is 15.6. The van der Waals surface area contributed by atoms with Gasteiger partial charge in [-0.2, -0.15) is 0 Å². The summed E-state index contributed by atoms with van der Waals surface area (Å²) in [5.41, 5.74) is 0. The van der Waals surface area contributed by atoms with E-state index in [1.807, 2.05) is 20.9 Å². The quantitative estimate of drug-likeness (QED) is 0.637. The molecule has 0 unspecified atom stereocenters. The summed E-state index contributed by atoms with van der Waals surface area (Å²) < 4.78 is 0. The molecule has 0 aromatic carbocycles. The fourth-order valence-corrected chi connectivity index (χ4v) is 0. The highest BCUT2D eigenvalue weighted by Crippen LogP contribution is 1.89. The molecular formula is C8H19NO. The maximum atomic E-state index is 10.1. The van der Waals surface area contributed by atoms with Crippen molar-refractivity contribution in [3.8, 4) is 0 Å². The Morgan fingerprint density at radius 3 is 1.70 bits per heavy atom. The average Bonchev–Trinajstić information content (AvgIpc) is 1.89. The summed E-state index contributed by atoms with van der Waals surface area (Å²) in [6.45, 7) is 8.52. The Labute approximate surface area is 64.0 Å². The molecule has 0 atom stereocenters. The van der Waals surface area contributed by atoms with E-state index >= 15 is 0 Å². The lowest BCUT2D eigenvalue weighted by atomic mass is 10.1. The molecule has 0 aromatic heterocycles. The van der Waals surface area contributed by atoms with Crippen LogP contribution in [0.3, 0.4) is 0 Å². The predicted octanol–water partition coefficient (Wildman–Crippen LogP) is 1.46. The van der Waals surface area contributed by atoms with Crippen LogP contribution in [-0.4, -0.2) is 19.4 Å². The Morgan fingerprint density at radius 2 is 1.70 bits per heavy atom. The van der Waals surface area contributed by atoms with Gasteiger partial charge in [0.05, 0.1) is 0 Å². The first-order valence-electron chi connectivity index (χ1n) is 3.71. The lowest BCUT2D eigenvalue weighted by molar-refractivity contribution is -0.119. The average molecular weight is 145 g/mol. The molecule has 2 heteroatoms. The lowest BCUT2D eigenvalue weighted by Gasteiger charge is -1.90. The molecule has 0 spiro atoms. The number of carbonyl (C=O) groups excluding carboxylic acids is 1. The van der Waals surface area contributed by atoms with Crippen molar-refractivity contribution in [2.45, 2.75) is 27.7 Å². The molecule has 0 rings (SSSR count). The van der Waals surface area contributed by atoms with Crippen molar-refractivity contribution in [3.63, 3.8) is 0 Å². The van der Waals surface area contributed by atoms with Crippen molar-refractivity contribution in [3.05, 3.63) is 0 Å². The van der Waals surface area contributed by atoms with E-state index in [2.05, 4.69) is 12.2 Å². The van der Waals surface area contributed by atoms with Gasteiger partial charge in [0.25, 0.3) is 0 Å². The summed E-state index contributed by atoms with van der Waals surface area (Å²) in [7, 11) is 1.93.